The lowest BCUT2D eigenvalue weighted by molar-refractivity contribution is -0.00338. The van der Waals surface area contributed by atoms with E-state index in [1.807, 2.05) is 31.2 Å². The molecule has 1 aromatic carbocycles. The Morgan fingerprint density at radius 1 is 1.30 bits per heavy atom. The number of nitrogens with zero attached hydrogens (tertiary/aromatic N) is 3. The first-order valence-corrected chi connectivity index (χ1v) is 10.5. The smallest absolute Gasteiger partial charge is 0.261 e. The Hall–Kier alpha value is -2.94. The van der Waals surface area contributed by atoms with E-state index in [9.17, 15) is 4.79 Å². The summed E-state index contributed by atoms with van der Waals surface area (Å²) in [7, 11) is 0. The number of halogens is 1. The van der Waals surface area contributed by atoms with Crippen molar-refractivity contribution in [1.29, 1.82) is 0 Å². The summed E-state index contributed by atoms with van der Waals surface area (Å²) in [5.41, 5.74) is 1.51. The summed E-state index contributed by atoms with van der Waals surface area (Å²) >= 11 is 7.60. The van der Waals surface area contributed by atoms with Crippen LogP contribution in [0.4, 0.5) is 0 Å². The molecule has 9 heteroatoms. The summed E-state index contributed by atoms with van der Waals surface area (Å²) in [6.07, 6.45) is 3.36. The molecule has 0 aliphatic carbocycles. The maximum Gasteiger partial charge on any atom is 0.261 e. The van der Waals surface area contributed by atoms with Gasteiger partial charge in [-0.05, 0) is 31.2 Å². The molecule has 1 amide bonds. The van der Waals surface area contributed by atoms with Gasteiger partial charge >= 0.3 is 0 Å². The molecule has 0 saturated carbocycles. The van der Waals surface area contributed by atoms with Gasteiger partial charge in [0, 0.05) is 10.3 Å². The van der Waals surface area contributed by atoms with Crippen molar-refractivity contribution >= 4 is 39.9 Å². The van der Waals surface area contributed by atoms with Gasteiger partial charge in [-0.3, -0.25) is 4.79 Å². The molecule has 1 N–H and O–H groups in total. The lowest BCUT2D eigenvalue weighted by atomic mass is 10.2. The summed E-state index contributed by atoms with van der Waals surface area (Å²) in [5.74, 6) is 1.04. The first-order chi connectivity index (χ1) is 14.6. The number of hydrogen-bond acceptors (Lipinski definition) is 6. The molecule has 1 fully saturated rings. The SMILES string of the molecule is Cc1sc(C(=O)NC2COC2)cc1-n1ncc2cc(Oc3ccccc3Cl)cnc21. The van der Waals surface area contributed by atoms with Crippen molar-refractivity contribution in [3.8, 4) is 17.2 Å². The number of pyridine rings is 1. The third kappa shape index (κ3) is 3.54. The first kappa shape index (κ1) is 19.0. The van der Waals surface area contributed by atoms with E-state index < -0.39 is 0 Å². The van der Waals surface area contributed by atoms with Gasteiger partial charge < -0.3 is 14.8 Å². The molecule has 0 atom stereocenters. The fraction of sp³-hybridized carbons (Fsp3) is 0.190. The molecular weight excluding hydrogens is 424 g/mol. The Morgan fingerprint density at radius 3 is 2.90 bits per heavy atom. The molecule has 1 aliphatic heterocycles. The molecule has 0 unspecified atom stereocenters. The lowest BCUT2D eigenvalue weighted by Crippen LogP contribution is -2.48. The van der Waals surface area contributed by atoms with E-state index in [0.717, 1.165) is 16.0 Å². The van der Waals surface area contributed by atoms with Crippen LogP contribution in [-0.2, 0) is 4.74 Å². The minimum atomic E-state index is -0.0949. The fourth-order valence-electron chi connectivity index (χ4n) is 3.16. The zero-order chi connectivity index (χ0) is 20.7. The highest BCUT2D eigenvalue weighted by molar-refractivity contribution is 7.14. The van der Waals surface area contributed by atoms with Crippen LogP contribution in [0.25, 0.3) is 16.7 Å². The van der Waals surface area contributed by atoms with Crippen molar-refractivity contribution in [2.24, 2.45) is 0 Å². The van der Waals surface area contributed by atoms with Crippen molar-refractivity contribution in [1.82, 2.24) is 20.1 Å². The van der Waals surface area contributed by atoms with Crippen LogP contribution in [0.15, 0.2) is 48.8 Å². The van der Waals surface area contributed by atoms with Crippen LogP contribution in [0.5, 0.6) is 11.5 Å². The molecule has 30 heavy (non-hydrogen) atoms. The number of benzene rings is 1. The molecule has 7 nitrogen and oxygen atoms in total. The Morgan fingerprint density at radius 2 is 2.13 bits per heavy atom. The second-order valence-electron chi connectivity index (χ2n) is 6.93. The number of fused-ring (bicyclic) bond motifs is 1. The molecule has 0 radical (unpaired) electrons. The summed E-state index contributed by atoms with van der Waals surface area (Å²) in [6, 6.07) is 11.1. The van der Waals surface area contributed by atoms with E-state index in [2.05, 4.69) is 15.4 Å². The number of thiophene rings is 1. The Labute approximate surface area is 181 Å². The average molecular weight is 441 g/mol. The second kappa shape index (κ2) is 7.71. The first-order valence-electron chi connectivity index (χ1n) is 9.34. The van der Waals surface area contributed by atoms with Gasteiger partial charge in [0.15, 0.2) is 5.65 Å². The molecule has 0 spiro atoms. The highest BCUT2D eigenvalue weighted by Gasteiger charge is 2.23. The van der Waals surface area contributed by atoms with Crippen molar-refractivity contribution < 1.29 is 14.3 Å². The number of aromatic nitrogens is 3. The molecule has 0 bridgehead atoms. The van der Waals surface area contributed by atoms with Gasteiger partial charge in [-0.15, -0.1) is 11.3 Å². The quantitative estimate of drug-likeness (QED) is 0.498. The largest absolute Gasteiger partial charge is 0.454 e. The minimum absolute atomic E-state index is 0.0899. The summed E-state index contributed by atoms with van der Waals surface area (Å²) in [5, 5.41) is 8.80. The van der Waals surface area contributed by atoms with Gasteiger partial charge in [0.05, 0.1) is 47.2 Å². The van der Waals surface area contributed by atoms with Crippen LogP contribution in [0, 0.1) is 6.92 Å². The number of hydrogen-bond donors (Lipinski definition) is 1. The molecule has 152 valence electrons. The molecule has 5 rings (SSSR count). The minimum Gasteiger partial charge on any atom is -0.454 e. The molecule has 4 heterocycles. The van der Waals surface area contributed by atoms with E-state index in [-0.39, 0.29) is 11.9 Å². The van der Waals surface area contributed by atoms with Crippen LogP contribution >= 0.6 is 22.9 Å². The third-order valence-electron chi connectivity index (χ3n) is 4.76. The number of para-hydroxylation sites is 1. The summed E-state index contributed by atoms with van der Waals surface area (Å²) in [6.45, 7) is 3.09. The number of nitrogens with one attached hydrogen (secondary N) is 1. The maximum atomic E-state index is 12.5. The standard InChI is InChI=1S/C21H17ClN4O3S/c1-12-17(7-19(30-12)21(27)25-14-10-28-11-14)26-20-13(8-24-26)6-15(9-23-20)29-18-5-3-2-4-16(18)22/h2-9,14H,10-11H2,1H3,(H,25,27). The number of aryl methyl sites for hydroxylation is 1. The number of amides is 1. The Balaban J connectivity index is 1.42. The number of ether oxygens (including phenoxy) is 2. The highest BCUT2D eigenvalue weighted by Crippen LogP contribution is 2.31. The van der Waals surface area contributed by atoms with Gasteiger partial charge in [-0.1, -0.05) is 23.7 Å². The molecule has 1 aliphatic rings. The van der Waals surface area contributed by atoms with Crippen molar-refractivity contribution in [2.75, 3.05) is 13.2 Å². The summed E-state index contributed by atoms with van der Waals surface area (Å²) in [4.78, 5) is 18.6. The molecular formula is C21H17ClN4O3S. The van der Waals surface area contributed by atoms with Crippen molar-refractivity contribution in [2.45, 2.75) is 13.0 Å². The molecule has 4 aromatic rings. The van der Waals surface area contributed by atoms with Crippen LogP contribution in [0.3, 0.4) is 0 Å². The topological polar surface area (TPSA) is 78.3 Å². The van der Waals surface area contributed by atoms with Crippen LogP contribution in [0.2, 0.25) is 5.02 Å². The zero-order valence-electron chi connectivity index (χ0n) is 16.0. The van der Waals surface area contributed by atoms with Gasteiger partial charge in [0.2, 0.25) is 0 Å². The predicted octanol–water partition coefficient (Wildman–Crippen LogP) is 4.36. The van der Waals surface area contributed by atoms with Gasteiger partial charge in [0.1, 0.15) is 11.5 Å². The van der Waals surface area contributed by atoms with E-state index in [1.165, 1.54) is 11.3 Å². The average Bonchev–Trinajstić information content (AvgIpc) is 3.29. The lowest BCUT2D eigenvalue weighted by Gasteiger charge is -2.26. The van der Waals surface area contributed by atoms with Crippen molar-refractivity contribution in [3.05, 3.63) is 63.6 Å². The predicted molar refractivity (Wildman–Crippen MR) is 115 cm³/mol. The van der Waals surface area contributed by atoms with E-state index in [0.29, 0.717) is 40.3 Å². The van der Waals surface area contributed by atoms with Gasteiger partial charge in [0.25, 0.3) is 5.91 Å². The van der Waals surface area contributed by atoms with Crippen LogP contribution in [0.1, 0.15) is 14.5 Å². The maximum absolute atomic E-state index is 12.5. The van der Waals surface area contributed by atoms with Crippen LogP contribution in [-0.4, -0.2) is 39.9 Å². The highest BCUT2D eigenvalue weighted by atomic mass is 35.5. The molecule has 1 saturated heterocycles. The monoisotopic (exact) mass is 440 g/mol. The number of rotatable bonds is 5. The number of carbonyl (C=O) groups is 1. The third-order valence-corrected chi connectivity index (χ3v) is 6.11. The van der Waals surface area contributed by atoms with E-state index in [4.69, 9.17) is 21.1 Å². The Bertz CT molecular complexity index is 1250. The Kier molecular flexibility index (Phi) is 4.90. The van der Waals surface area contributed by atoms with E-state index >= 15 is 0 Å². The normalized spacial score (nSPS) is 13.9. The van der Waals surface area contributed by atoms with E-state index in [1.54, 1.807) is 29.2 Å². The fourth-order valence-corrected chi connectivity index (χ4v) is 4.23. The summed E-state index contributed by atoms with van der Waals surface area (Å²) < 4.78 is 12.7. The van der Waals surface area contributed by atoms with Gasteiger partial charge in [-0.2, -0.15) is 5.10 Å². The molecule has 3 aromatic heterocycles. The zero-order valence-corrected chi connectivity index (χ0v) is 17.5. The number of carbonyl (C=O) groups excluding carboxylic acids is 1. The van der Waals surface area contributed by atoms with Crippen LogP contribution < -0.4 is 10.1 Å². The van der Waals surface area contributed by atoms with Crippen molar-refractivity contribution in [3.63, 3.8) is 0 Å². The second-order valence-corrected chi connectivity index (χ2v) is 8.60. The van der Waals surface area contributed by atoms with Gasteiger partial charge in [-0.25, -0.2) is 9.67 Å².